The molecule has 0 bridgehead atoms. The minimum atomic E-state index is -4.98. The number of allylic oxidation sites excluding steroid dienone is 1. The molecular formula is C30H21Cl2F3N2O4S. The maximum absolute atomic E-state index is 14.2. The van der Waals surface area contributed by atoms with Crippen molar-refractivity contribution in [2.24, 2.45) is 4.99 Å². The largest absolute Gasteiger partial charge is 0.489 e. The standard InChI is InChI=1S/C30H21Cl2F3N2O4S/c1-2-40-28(39)24-25(18-9-11-20(31)12-10-18)37-27(38)23(42-29(37)36-26(24)30(33,34)35)15-17-7-13-21(14-8-17)41-16-19-5-3-4-6-22(19)32/h3-15,25H,2,16H2,1H3/b23-15-/t25-/m1/s1. The van der Waals surface area contributed by atoms with Crippen LogP contribution < -0.4 is 19.6 Å². The molecule has 1 aromatic heterocycles. The van der Waals surface area contributed by atoms with E-state index in [4.69, 9.17) is 32.7 Å². The minimum absolute atomic E-state index is 0.129. The predicted molar refractivity (Wildman–Crippen MR) is 154 cm³/mol. The molecule has 0 spiro atoms. The van der Waals surface area contributed by atoms with Gasteiger partial charge in [0.15, 0.2) is 10.5 Å². The number of hydrogen-bond donors (Lipinski definition) is 0. The van der Waals surface area contributed by atoms with E-state index in [0.29, 0.717) is 21.4 Å². The fourth-order valence-electron chi connectivity index (χ4n) is 4.39. The Morgan fingerprint density at radius 1 is 1.05 bits per heavy atom. The molecule has 0 N–H and O–H groups in total. The van der Waals surface area contributed by atoms with E-state index in [9.17, 15) is 22.8 Å². The van der Waals surface area contributed by atoms with Crippen molar-refractivity contribution in [3.63, 3.8) is 0 Å². The van der Waals surface area contributed by atoms with Crippen molar-refractivity contribution in [2.45, 2.75) is 25.7 Å². The number of thiazole rings is 1. The van der Waals surface area contributed by atoms with Gasteiger partial charge in [0.1, 0.15) is 12.4 Å². The highest BCUT2D eigenvalue weighted by Gasteiger charge is 2.45. The van der Waals surface area contributed by atoms with Gasteiger partial charge < -0.3 is 9.47 Å². The number of alkyl halides is 3. The number of rotatable bonds is 7. The second-order valence-corrected chi connectivity index (χ2v) is 10.9. The SMILES string of the molecule is CCOC(=O)C1=C(C(F)(F)F)N=c2s/c(=C\c3ccc(OCc4ccccc4Cl)cc3)c(=O)n2[C@@H]1c1ccc(Cl)cc1. The van der Waals surface area contributed by atoms with E-state index in [1.807, 2.05) is 18.2 Å². The summed E-state index contributed by atoms with van der Waals surface area (Å²) in [5.74, 6) is -0.652. The number of ether oxygens (including phenoxy) is 2. The van der Waals surface area contributed by atoms with E-state index in [1.165, 1.54) is 31.2 Å². The third kappa shape index (κ3) is 6.16. The van der Waals surface area contributed by atoms with Crippen LogP contribution in [-0.4, -0.2) is 23.3 Å². The summed E-state index contributed by atoms with van der Waals surface area (Å²) in [6.45, 7) is 1.57. The topological polar surface area (TPSA) is 69.9 Å². The van der Waals surface area contributed by atoms with E-state index in [1.54, 1.807) is 36.4 Å². The summed E-state index contributed by atoms with van der Waals surface area (Å²) in [7, 11) is 0. The summed E-state index contributed by atoms with van der Waals surface area (Å²) in [5.41, 5.74) is -1.12. The molecule has 4 aromatic rings. The zero-order valence-electron chi connectivity index (χ0n) is 21.8. The Hall–Kier alpha value is -3.86. The molecule has 0 aliphatic carbocycles. The molecule has 1 aliphatic rings. The Morgan fingerprint density at radius 2 is 1.74 bits per heavy atom. The van der Waals surface area contributed by atoms with Crippen LogP contribution in [0.2, 0.25) is 10.0 Å². The molecule has 0 radical (unpaired) electrons. The Balaban J connectivity index is 1.57. The number of nitrogens with zero attached hydrogens (tertiary/aromatic N) is 2. The van der Waals surface area contributed by atoms with Gasteiger partial charge in [-0.3, -0.25) is 9.36 Å². The molecule has 3 aromatic carbocycles. The summed E-state index contributed by atoms with van der Waals surface area (Å²) < 4.78 is 54.7. The summed E-state index contributed by atoms with van der Waals surface area (Å²) >= 11 is 13.0. The number of hydrogen-bond acceptors (Lipinski definition) is 6. The number of carbonyl (C=O) groups excluding carboxylic acids is 1. The van der Waals surface area contributed by atoms with Gasteiger partial charge >= 0.3 is 12.1 Å². The van der Waals surface area contributed by atoms with Crippen LogP contribution >= 0.6 is 34.5 Å². The molecule has 0 unspecified atom stereocenters. The van der Waals surface area contributed by atoms with Crippen LogP contribution in [-0.2, 0) is 16.1 Å². The van der Waals surface area contributed by atoms with Crippen molar-refractivity contribution in [3.8, 4) is 5.75 Å². The van der Waals surface area contributed by atoms with Crippen LogP contribution in [0.3, 0.4) is 0 Å². The zero-order valence-corrected chi connectivity index (χ0v) is 24.2. The van der Waals surface area contributed by atoms with E-state index in [2.05, 4.69) is 4.99 Å². The highest BCUT2D eigenvalue weighted by molar-refractivity contribution is 7.07. The maximum atomic E-state index is 14.2. The average molecular weight is 633 g/mol. The summed E-state index contributed by atoms with van der Waals surface area (Å²) in [6, 6.07) is 18.6. The molecule has 0 saturated heterocycles. The van der Waals surface area contributed by atoms with Gasteiger partial charge in [0.05, 0.1) is 22.8 Å². The van der Waals surface area contributed by atoms with Gasteiger partial charge in [0, 0.05) is 15.6 Å². The van der Waals surface area contributed by atoms with E-state index in [0.717, 1.165) is 21.5 Å². The first-order valence-corrected chi connectivity index (χ1v) is 14.2. The number of fused-ring (bicyclic) bond motifs is 1. The van der Waals surface area contributed by atoms with Crippen LogP contribution in [0.4, 0.5) is 13.2 Å². The second-order valence-electron chi connectivity index (χ2n) is 9.06. The third-order valence-corrected chi connectivity index (χ3v) is 7.91. The van der Waals surface area contributed by atoms with Crippen molar-refractivity contribution in [1.29, 1.82) is 0 Å². The molecule has 42 heavy (non-hydrogen) atoms. The molecule has 1 aliphatic heterocycles. The first-order valence-electron chi connectivity index (χ1n) is 12.6. The zero-order chi connectivity index (χ0) is 30.0. The van der Waals surface area contributed by atoms with Gasteiger partial charge in [-0.1, -0.05) is 77.0 Å². The quantitative estimate of drug-likeness (QED) is 0.227. The molecule has 0 fully saturated rings. The summed E-state index contributed by atoms with van der Waals surface area (Å²) in [6.07, 6.45) is -3.44. The molecule has 12 heteroatoms. The Morgan fingerprint density at radius 3 is 2.38 bits per heavy atom. The normalized spacial score (nSPS) is 15.3. The van der Waals surface area contributed by atoms with Gasteiger partial charge in [0.25, 0.3) is 5.56 Å². The number of aromatic nitrogens is 1. The fourth-order valence-corrected chi connectivity index (χ4v) is 5.71. The summed E-state index contributed by atoms with van der Waals surface area (Å²) in [4.78, 5) is 30.1. The Labute approximate surface area is 251 Å². The van der Waals surface area contributed by atoms with Crippen LogP contribution in [0, 0.1) is 0 Å². The molecule has 5 rings (SSSR count). The number of halogens is 5. The van der Waals surface area contributed by atoms with Crippen LogP contribution in [0.15, 0.2) is 93.9 Å². The highest BCUT2D eigenvalue weighted by atomic mass is 35.5. The predicted octanol–water partition coefficient (Wildman–Crippen LogP) is 6.23. The van der Waals surface area contributed by atoms with Crippen LogP contribution in [0.5, 0.6) is 5.75 Å². The van der Waals surface area contributed by atoms with E-state index >= 15 is 0 Å². The minimum Gasteiger partial charge on any atom is -0.489 e. The molecule has 1 atom stereocenters. The smallest absolute Gasteiger partial charge is 0.434 e. The maximum Gasteiger partial charge on any atom is 0.434 e. The molecule has 0 saturated carbocycles. The first kappa shape index (κ1) is 29.6. The van der Waals surface area contributed by atoms with Crippen molar-refractivity contribution < 1.29 is 27.4 Å². The Bertz CT molecular complexity index is 1850. The fraction of sp³-hybridized carbons (Fsp3) is 0.167. The van der Waals surface area contributed by atoms with Gasteiger partial charge in [-0.05, 0) is 54.5 Å². The van der Waals surface area contributed by atoms with Gasteiger partial charge in [-0.25, -0.2) is 9.79 Å². The van der Waals surface area contributed by atoms with Crippen molar-refractivity contribution in [3.05, 3.63) is 130 Å². The molecule has 216 valence electrons. The third-order valence-electron chi connectivity index (χ3n) is 6.31. The van der Waals surface area contributed by atoms with Crippen molar-refractivity contribution >= 4 is 46.6 Å². The first-order chi connectivity index (χ1) is 20.1. The monoisotopic (exact) mass is 632 g/mol. The molecule has 0 amide bonds. The van der Waals surface area contributed by atoms with Gasteiger partial charge in [-0.15, -0.1) is 0 Å². The lowest BCUT2D eigenvalue weighted by Crippen LogP contribution is -2.41. The van der Waals surface area contributed by atoms with Crippen LogP contribution in [0.25, 0.3) is 6.08 Å². The van der Waals surface area contributed by atoms with Crippen molar-refractivity contribution in [2.75, 3.05) is 6.61 Å². The van der Waals surface area contributed by atoms with E-state index in [-0.39, 0.29) is 28.1 Å². The van der Waals surface area contributed by atoms with Gasteiger partial charge in [-0.2, -0.15) is 13.2 Å². The van der Waals surface area contributed by atoms with Crippen molar-refractivity contribution in [1.82, 2.24) is 4.57 Å². The Kier molecular flexibility index (Phi) is 8.58. The highest BCUT2D eigenvalue weighted by Crippen LogP contribution is 2.38. The average Bonchev–Trinajstić information content (AvgIpc) is 3.27. The van der Waals surface area contributed by atoms with E-state index < -0.39 is 35.0 Å². The lowest BCUT2D eigenvalue weighted by Gasteiger charge is -2.26. The number of esters is 1. The number of carbonyl (C=O) groups is 1. The second kappa shape index (κ2) is 12.2. The lowest BCUT2D eigenvalue weighted by atomic mass is 9.95. The molecule has 6 nitrogen and oxygen atoms in total. The molecule has 2 heterocycles. The van der Waals surface area contributed by atoms with Crippen LogP contribution in [0.1, 0.15) is 29.7 Å². The number of benzene rings is 3. The van der Waals surface area contributed by atoms with Gasteiger partial charge in [0.2, 0.25) is 0 Å². The molecular weight excluding hydrogens is 612 g/mol. The lowest BCUT2D eigenvalue weighted by molar-refractivity contribution is -0.140. The summed E-state index contributed by atoms with van der Waals surface area (Å²) in [5, 5.41) is 0.921.